The Morgan fingerprint density at radius 1 is 1.71 bits per heavy atom. The summed E-state index contributed by atoms with van der Waals surface area (Å²) >= 11 is 0. The molecule has 1 N–H and O–H groups in total. The highest BCUT2D eigenvalue weighted by atomic mass is 16.3. The molecule has 0 fully saturated rings. The summed E-state index contributed by atoms with van der Waals surface area (Å²) in [5.41, 5.74) is 0. The molecule has 0 aromatic heterocycles. The van der Waals surface area contributed by atoms with Crippen LogP contribution >= 0.6 is 0 Å². The van der Waals surface area contributed by atoms with E-state index in [-0.39, 0.29) is 0 Å². The van der Waals surface area contributed by atoms with E-state index in [9.17, 15) is 4.79 Å². The van der Waals surface area contributed by atoms with Crippen molar-refractivity contribution >= 4 is 5.91 Å². The van der Waals surface area contributed by atoms with Crippen LogP contribution in [0.5, 0.6) is 0 Å². The van der Waals surface area contributed by atoms with Crippen molar-refractivity contribution in [3.63, 3.8) is 0 Å². The number of amides is 1. The summed E-state index contributed by atoms with van der Waals surface area (Å²) in [5, 5.41) is 9.83. The fourth-order valence-corrected chi connectivity index (χ4v) is 0.0527. The van der Waals surface area contributed by atoms with Crippen molar-refractivity contribution in [3.05, 3.63) is 17.2 Å². The van der Waals surface area contributed by atoms with Crippen molar-refractivity contribution < 1.29 is 9.90 Å². The predicted octanol–water partition coefficient (Wildman–Crippen LogP) is 0.351. The van der Waals surface area contributed by atoms with Gasteiger partial charge < -0.3 is 5.11 Å². The van der Waals surface area contributed by atoms with Crippen LogP contribution in [0.2, 0.25) is 0 Å². The highest BCUT2D eigenvalue weighted by Crippen LogP contribution is 1.83. The maximum Gasteiger partial charge on any atom is 0.350 e. The molecule has 0 saturated carbocycles. The summed E-state index contributed by atoms with van der Waals surface area (Å²) in [6.07, 6.45) is 0. The second-order valence-electron chi connectivity index (χ2n) is 0.843. The van der Waals surface area contributed by atoms with Gasteiger partial charge in [-0.3, -0.25) is 4.79 Å². The van der Waals surface area contributed by atoms with E-state index in [0.29, 0.717) is 0 Å². The maximum atomic E-state index is 9.68. The molecule has 0 unspecified atom stereocenters. The molecule has 0 aliphatic heterocycles. The van der Waals surface area contributed by atoms with E-state index in [0.717, 1.165) is 0 Å². The van der Waals surface area contributed by atoms with Crippen LogP contribution in [0.25, 0.3) is 0 Å². The molecule has 0 radical (unpaired) electrons. The zero-order chi connectivity index (χ0) is 5.86. The first-order valence-electron chi connectivity index (χ1n) is 1.44. The second-order valence-corrected chi connectivity index (χ2v) is 0.843. The Morgan fingerprint density at radius 2 is 2.14 bits per heavy atom. The van der Waals surface area contributed by atoms with E-state index < -0.39 is 11.7 Å². The SMILES string of the molecule is C=C(O)C(=O)N=O. The van der Waals surface area contributed by atoms with Crippen LogP contribution in [-0.4, -0.2) is 11.0 Å². The molecule has 0 bridgehead atoms. The van der Waals surface area contributed by atoms with Gasteiger partial charge in [0.2, 0.25) is 0 Å². The minimum absolute atomic E-state index is 0.824. The van der Waals surface area contributed by atoms with Crippen LogP contribution in [-0.2, 0) is 4.79 Å². The Bertz CT molecular complexity index is 117. The number of aliphatic hydroxyl groups is 1. The summed E-state index contributed by atoms with van der Waals surface area (Å²) in [7, 11) is 0. The predicted molar refractivity (Wildman–Crippen MR) is 22.6 cm³/mol. The van der Waals surface area contributed by atoms with E-state index in [2.05, 4.69) is 6.58 Å². The maximum absolute atomic E-state index is 9.68. The van der Waals surface area contributed by atoms with E-state index in [1.54, 1.807) is 0 Å². The first-order chi connectivity index (χ1) is 3.18. The van der Waals surface area contributed by atoms with Crippen LogP contribution < -0.4 is 0 Å². The number of carbonyl (C=O) groups is 1. The first-order valence-corrected chi connectivity index (χ1v) is 1.44. The largest absolute Gasteiger partial charge is 0.503 e. The van der Waals surface area contributed by atoms with Crippen molar-refractivity contribution in [1.29, 1.82) is 0 Å². The quantitative estimate of drug-likeness (QED) is 0.294. The molecule has 0 spiro atoms. The van der Waals surface area contributed by atoms with E-state index in [1.165, 1.54) is 0 Å². The molecule has 7 heavy (non-hydrogen) atoms. The number of nitroso groups, excluding NO2 is 1. The van der Waals surface area contributed by atoms with Gasteiger partial charge >= 0.3 is 5.91 Å². The summed E-state index contributed by atoms with van der Waals surface area (Å²) in [4.78, 5) is 18.8. The molecule has 0 rings (SSSR count). The molecule has 38 valence electrons. The highest BCUT2D eigenvalue weighted by molar-refractivity contribution is 5.90. The average molecular weight is 101 g/mol. The standard InChI is InChI=1S/C3H3NO3/c1-2(5)3(6)4-7/h5H,1H2. The van der Waals surface area contributed by atoms with E-state index in [4.69, 9.17) is 10.0 Å². The van der Waals surface area contributed by atoms with Gasteiger partial charge in [0.15, 0.2) is 5.76 Å². The average Bonchev–Trinajstić information content (AvgIpc) is 1.65. The Kier molecular flexibility index (Phi) is 1.72. The lowest BCUT2D eigenvalue weighted by molar-refractivity contribution is -0.116. The molecule has 0 atom stereocenters. The molecule has 0 aliphatic carbocycles. The number of rotatable bonds is 1. The van der Waals surface area contributed by atoms with Gasteiger partial charge in [0.05, 0.1) is 0 Å². The minimum atomic E-state index is -1.22. The van der Waals surface area contributed by atoms with Crippen LogP contribution in [0.15, 0.2) is 17.5 Å². The third-order valence-corrected chi connectivity index (χ3v) is 0.330. The molecular formula is C3H3NO3. The lowest BCUT2D eigenvalue weighted by atomic mass is 10.6. The number of hydrogen-bond donors (Lipinski definition) is 1. The molecule has 0 aromatic rings. The monoisotopic (exact) mass is 101 g/mol. The minimum Gasteiger partial charge on any atom is -0.503 e. The third kappa shape index (κ3) is 1.64. The van der Waals surface area contributed by atoms with E-state index in [1.807, 2.05) is 5.18 Å². The molecule has 0 aromatic carbocycles. The zero-order valence-corrected chi connectivity index (χ0v) is 3.42. The summed E-state index contributed by atoms with van der Waals surface area (Å²) in [6.45, 7) is 2.74. The van der Waals surface area contributed by atoms with Crippen molar-refractivity contribution in [2.75, 3.05) is 0 Å². The van der Waals surface area contributed by atoms with Crippen molar-refractivity contribution in [2.45, 2.75) is 0 Å². The molecule has 1 amide bonds. The summed E-state index contributed by atoms with van der Waals surface area (Å²) < 4.78 is 0. The Balaban J connectivity index is 3.81. The fraction of sp³-hybridized carbons (Fsp3) is 0. The molecular weight excluding hydrogens is 98.0 g/mol. The lowest BCUT2D eigenvalue weighted by Crippen LogP contribution is -1.92. The molecule has 0 aliphatic rings. The smallest absolute Gasteiger partial charge is 0.350 e. The van der Waals surface area contributed by atoms with Crippen molar-refractivity contribution in [1.82, 2.24) is 0 Å². The van der Waals surface area contributed by atoms with Crippen LogP contribution in [0.4, 0.5) is 0 Å². The second kappa shape index (κ2) is 2.07. The normalized spacial score (nSPS) is 7.43. The van der Waals surface area contributed by atoms with E-state index >= 15 is 0 Å². The topological polar surface area (TPSA) is 66.7 Å². The summed E-state index contributed by atoms with van der Waals surface area (Å²) in [6, 6.07) is 0. The molecule has 0 heterocycles. The van der Waals surface area contributed by atoms with Crippen LogP contribution in [0, 0.1) is 4.91 Å². The summed E-state index contributed by atoms with van der Waals surface area (Å²) in [5.74, 6) is -2.05. The van der Waals surface area contributed by atoms with Gasteiger partial charge in [-0.15, -0.1) is 4.91 Å². The fourth-order valence-electron chi connectivity index (χ4n) is 0.0527. The van der Waals surface area contributed by atoms with Gasteiger partial charge in [-0.25, -0.2) is 0 Å². The number of hydrogen-bond acceptors (Lipinski definition) is 3. The lowest BCUT2D eigenvalue weighted by Gasteiger charge is -1.78. The Morgan fingerprint density at radius 3 is 2.14 bits per heavy atom. The highest BCUT2D eigenvalue weighted by Gasteiger charge is 2.00. The molecule has 0 saturated heterocycles. The number of nitrogens with zero attached hydrogens (tertiary/aromatic N) is 1. The van der Waals surface area contributed by atoms with Crippen molar-refractivity contribution in [3.8, 4) is 0 Å². The molecule has 4 nitrogen and oxygen atoms in total. The van der Waals surface area contributed by atoms with Crippen LogP contribution in [0.1, 0.15) is 0 Å². The van der Waals surface area contributed by atoms with Gasteiger partial charge in [0.25, 0.3) is 0 Å². The Labute approximate surface area is 39.4 Å². The zero-order valence-electron chi connectivity index (χ0n) is 3.42. The Hall–Kier alpha value is -1.19. The third-order valence-electron chi connectivity index (χ3n) is 0.330. The van der Waals surface area contributed by atoms with Gasteiger partial charge in [-0.2, -0.15) is 0 Å². The van der Waals surface area contributed by atoms with Crippen LogP contribution in [0.3, 0.4) is 0 Å². The van der Waals surface area contributed by atoms with Gasteiger partial charge in [-0.1, -0.05) is 6.58 Å². The van der Waals surface area contributed by atoms with Gasteiger partial charge in [0.1, 0.15) is 0 Å². The van der Waals surface area contributed by atoms with Gasteiger partial charge in [0, 0.05) is 5.18 Å². The first kappa shape index (κ1) is 5.81. The number of carbonyl (C=O) groups excluding carboxylic acids is 1. The van der Waals surface area contributed by atoms with Crippen molar-refractivity contribution in [2.24, 2.45) is 5.18 Å². The van der Waals surface area contributed by atoms with Gasteiger partial charge in [-0.05, 0) is 0 Å². The number of aliphatic hydroxyl groups excluding tert-OH is 1. The molecule has 4 heteroatoms.